The van der Waals surface area contributed by atoms with Crippen LogP contribution in [-0.2, 0) is 12.8 Å². The van der Waals surface area contributed by atoms with E-state index in [-0.39, 0.29) is 0 Å². The molecular formula is C16H17BrO. The molecule has 1 nitrogen and oxygen atoms in total. The lowest BCUT2D eigenvalue weighted by molar-refractivity contribution is 0.409. The van der Waals surface area contributed by atoms with E-state index in [1.54, 1.807) is 7.11 Å². The largest absolute Gasteiger partial charge is 0.496 e. The van der Waals surface area contributed by atoms with Crippen LogP contribution in [0, 0.1) is 0 Å². The van der Waals surface area contributed by atoms with E-state index in [0.717, 1.165) is 29.5 Å². The zero-order valence-electron chi connectivity index (χ0n) is 10.5. The van der Waals surface area contributed by atoms with Gasteiger partial charge in [-0.3, -0.25) is 0 Å². The third kappa shape index (κ3) is 3.61. The fourth-order valence-corrected chi connectivity index (χ4v) is 2.31. The van der Waals surface area contributed by atoms with Crippen LogP contribution in [0.25, 0.3) is 0 Å². The van der Waals surface area contributed by atoms with Gasteiger partial charge in [-0.2, -0.15) is 0 Å². The summed E-state index contributed by atoms with van der Waals surface area (Å²) in [6, 6.07) is 16.8. The van der Waals surface area contributed by atoms with Gasteiger partial charge in [0.1, 0.15) is 5.75 Å². The third-order valence-corrected chi connectivity index (χ3v) is 3.55. The van der Waals surface area contributed by atoms with Crippen molar-refractivity contribution in [1.29, 1.82) is 0 Å². The molecule has 2 aromatic carbocycles. The number of ether oxygens (including phenoxy) is 1. The molecule has 0 saturated heterocycles. The lowest BCUT2D eigenvalue weighted by Gasteiger charge is -2.08. The lowest BCUT2D eigenvalue weighted by Crippen LogP contribution is -1.94. The fraction of sp³-hybridized carbons (Fsp3) is 0.250. The molecule has 94 valence electrons. The lowest BCUT2D eigenvalue weighted by atomic mass is 10.0. The second-order valence-corrected chi connectivity index (χ2v) is 5.21. The number of para-hydroxylation sites is 1. The SMILES string of the molecule is COc1ccccc1CCCc1ccc(Br)cc1. The van der Waals surface area contributed by atoms with Crippen molar-refractivity contribution in [3.05, 3.63) is 64.1 Å². The molecule has 18 heavy (non-hydrogen) atoms. The second kappa shape index (κ2) is 6.60. The maximum Gasteiger partial charge on any atom is 0.122 e. The Morgan fingerprint density at radius 1 is 0.944 bits per heavy atom. The second-order valence-electron chi connectivity index (χ2n) is 4.29. The fourth-order valence-electron chi connectivity index (χ4n) is 2.04. The highest BCUT2D eigenvalue weighted by atomic mass is 79.9. The van der Waals surface area contributed by atoms with Gasteiger partial charge < -0.3 is 4.74 Å². The van der Waals surface area contributed by atoms with Crippen LogP contribution in [0.1, 0.15) is 17.5 Å². The monoisotopic (exact) mass is 304 g/mol. The average molecular weight is 305 g/mol. The Labute approximate surface area is 117 Å². The number of methoxy groups -OCH3 is 1. The summed E-state index contributed by atoms with van der Waals surface area (Å²) in [4.78, 5) is 0. The molecule has 0 heterocycles. The highest BCUT2D eigenvalue weighted by Crippen LogP contribution is 2.20. The predicted octanol–water partition coefficient (Wildman–Crippen LogP) is 4.63. The van der Waals surface area contributed by atoms with Gasteiger partial charge in [0.15, 0.2) is 0 Å². The summed E-state index contributed by atoms with van der Waals surface area (Å²) in [5, 5.41) is 0. The first-order chi connectivity index (χ1) is 8.79. The van der Waals surface area contributed by atoms with Gasteiger partial charge >= 0.3 is 0 Å². The summed E-state index contributed by atoms with van der Waals surface area (Å²) < 4.78 is 6.49. The molecule has 0 amide bonds. The Hall–Kier alpha value is -1.28. The van der Waals surface area contributed by atoms with Gasteiger partial charge in [-0.05, 0) is 48.6 Å². The Kier molecular flexibility index (Phi) is 4.82. The van der Waals surface area contributed by atoms with Crippen molar-refractivity contribution in [3.63, 3.8) is 0 Å². The van der Waals surface area contributed by atoms with Crippen molar-refractivity contribution in [1.82, 2.24) is 0 Å². The smallest absolute Gasteiger partial charge is 0.122 e. The number of hydrogen-bond donors (Lipinski definition) is 0. The molecule has 0 N–H and O–H groups in total. The molecule has 0 saturated carbocycles. The van der Waals surface area contributed by atoms with Crippen LogP contribution in [0.3, 0.4) is 0 Å². The number of rotatable bonds is 5. The summed E-state index contributed by atoms with van der Waals surface area (Å²) in [6.45, 7) is 0. The van der Waals surface area contributed by atoms with E-state index >= 15 is 0 Å². The Balaban J connectivity index is 1.90. The van der Waals surface area contributed by atoms with Gasteiger partial charge in [0, 0.05) is 4.47 Å². The zero-order valence-corrected chi connectivity index (χ0v) is 12.1. The quantitative estimate of drug-likeness (QED) is 0.782. The number of benzene rings is 2. The molecule has 0 spiro atoms. The van der Waals surface area contributed by atoms with Gasteiger partial charge in [-0.15, -0.1) is 0 Å². The molecular weight excluding hydrogens is 288 g/mol. The van der Waals surface area contributed by atoms with Crippen molar-refractivity contribution in [2.75, 3.05) is 7.11 Å². The third-order valence-electron chi connectivity index (χ3n) is 3.02. The van der Waals surface area contributed by atoms with Crippen LogP contribution in [-0.4, -0.2) is 7.11 Å². The van der Waals surface area contributed by atoms with Crippen LogP contribution in [0.4, 0.5) is 0 Å². The van der Waals surface area contributed by atoms with Crippen LogP contribution in [0.2, 0.25) is 0 Å². The highest BCUT2D eigenvalue weighted by Gasteiger charge is 2.01. The molecule has 0 radical (unpaired) electrons. The molecule has 2 heteroatoms. The summed E-state index contributed by atoms with van der Waals surface area (Å²) in [7, 11) is 1.73. The Bertz CT molecular complexity index is 491. The minimum Gasteiger partial charge on any atom is -0.496 e. The van der Waals surface area contributed by atoms with Crippen molar-refractivity contribution in [3.8, 4) is 5.75 Å². The van der Waals surface area contributed by atoms with Gasteiger partial charge in [-0.25, -0.2) is 0 Å². The summed E-state index contributed by atoms with van der Waals surface area (Å²) in [6.07, 6.45) is 3.30. The van der Waals surface area contributed by atoms with E-state index in [9.17, 15) is 0 Å². The normalized spacial score (nSPS) is 10.3. The van der Waals surface area contributed by atoms with Gasteiger partial charge in [0.05, 0.1) is 7.11 Å². The molecule has 0 aliphatic carbocycles. The minimum atomic E-state index is 0.994. The van der Waals surface area contributed by atoms with Crippen LogP contribution >= 0.6 is 15.9 Å². The molecule has 0 aliphatic heterocycles. The predicted molar refractivity (Wildman–Crippen MR) is 79.2 cm³/mol. The van der Waals surface area contributed by atoms with Gasteiger partial charge in [-0.1, -0.05) is 46.3 Å². The maximum absolute atomic E-state index is 5.36. The Morgan fingerprint density at radius 3 is 2.39 bits per heavy atom. The summed E-state index contributed by atoms with van der Waals surface area (Å²) in [5.41, 5.74) is 2.67. The molecule has 0 unspecified atom stereocenters. The molecule has 0 atom stereocenters. The Morgan fingerprint density at radius 2 is 1.67 bits per heavy atom. The van der Waals surface area contributed by atoms with Crippen LogP contribution in [0.5, 0.6) is 5.75 Å². The van der Waals surface area contributed by atoms with Crippen LogP contribution in [0.15, 0.2) is 53.0 Å². The topological polar surface area (TPSA) is 9.23 Å². The first kappa shape index (κ1) is 13.2. The molecule has 0 bridgehead atoms. The van der Waals surface area contributed by atoms with Crippen molar-refractivity contribution < 1.29 is 4.74 Å². The van der Waals surface area contributed by atoms with E-state index < -0.39 is 0 Å². The van der Waals surface area contributed by atoms with Gasteiger partial charge in [0.2, 0.25) is 0 Å². The zero-order chi connectivity index (χ0) is 12.8. The molecule has 2 aromatic rings. The summed E-state index contributed by atoms with van der Waals surface area (Å²) in [5.74, 6) is 0.994. The van der Waals surface area contributed by atoms with Crippen molar-refractivity contribution in [2.45, 2.75) is 19.3 Å². The van der Waals surface area contributed by atoms with Crippen LogP contribution < -0.4 is 4.74 Å². The number of hydrogen-bond acceptors (Lipinski definition) is 1. The van der Waals surface area contributed by atoms with Gasteiger partial charge in [0.25, 0.3) is 0 Å². The molecule has 0 aliphatic rings. The highest BCUT2D eigenvalue weighted by molar-refractivity contribution is 9.10. The van der Waals surface area contributed by atoms with E-state index in [1.165, 1.54) is 11.1 Å². The molecule has 0 aromatic heterocycles. The van der Waals surface area contributed by atoms with E-state index in [0.29, 0.717) is 0 Å². The summed E-state index contributed by atoms with van der Waals surface area (Å²) >= 11 is 3.45. The average Bonchev–Trinajstić information content (AvgIpc) is 2.41. The van der Waals surface area contributed by atoms with E-state index in [4.69, 9.17) is 4.74 Å². The standard InChI is InChI=1S/C16H17BrO/c1-18-16-8-3-2-6-14(16)7-4-5-13-9-11-15(17)12-10-13/h2-3,6,8-12H,4-5,7H2,1H3. The molecule has 0 fully saturated rings. The minimum absolute atomic E-state index is 0.994. The van der Waals surface area contributed by atoms with Crippen molar-refractivity contribution in [2.24, 2.45) is 0 Å². The first-order valence-electron chi connectivity index (χ1n) is 6.16. The van der Waals surface area contributed by atoms with E-state index in [2.05, 4.69) is 52.3 Å². The number of halogens is 1. The first-order valence-corrected chi connectivity index (χ1v) is 6.95. The van der Waals surface area contributed by atoms with Crippen molar-refractivity contribution >= 4 is 15.9 Å². The maximum atomic E-state index is 5.36. The van der Waals surface area contributed by atoms with E-state index in [1.807, 2.05) is 12.1 Å². The molecule has 2 rings (SSSR count). The number of aryl methyl sites for hydroxylation is 2.